The van der Waals surface area contributed by atoms with Crippen LogP contribution >= 0.6 is 0 Å². The number of amides is 1. The molecule has 0 radical (unpaired) electrons. The van der Waals surface area contributed by atoms with Gasteiger partial charge in [-0.2, -0.15) is 4.98 Å². The molecule has 9 nitrogen and oxygen atoms in total. The van der Waals surface area contributed by atoms with Gasteiger partial charge in [0.25, 0.3) is 5.91 Å². The predicted molar refractivity (Wildman–Crippen MR) is 76.6 cm³/mol. The van der Waals surface area contributed by atoms with E-state index in [0.29, 0.717) is 5.92 Å². The maximum atomic E-state index is 11.9. The summed E-state index contributed by atoms with van der Waals surface area (Å²) in [6, 6.07) is 0.0898. The minimum Gasteiger partial charge on any atom is -0.463 e. The smallest absolute Gasteiger partial charge is 0.395 e. The number of aromatic amines is 1. The lowest BCUT2D eigenvalue weighted by Crippen LogP contribution is -2.43. The van der Waals surface area contributed by atoms with Crippen LogP contribution in [0.25, 0.3) is 0 Å². The molecule has 1 aromatic heterocycles. The number of nitro groups is 1. The quantitative estimate of drug-likeness (QED) is 0.610. The van der Waals surface area contributed by atoms with Crippen molar-refractivity contribution < 1.29 is 14.5 Å². The molecule has 1 aromatic rings. The summed E-state index contributed by atoms with van der Waals surface area (Å²) in [5, 5.41) is 13.7. The average molecular weight is 310 g/mol. The molecule has 1 amide bonds. The fraction of sp³-hybridized carbons (Fsp3) is 0.615. The van der Waals surface area contributed by atoms with Crippen LogP contribution in [0.2, 0.25) is 0 Å². The van der Waals surface area contributed by atoms with E-state index >= 15 is 0 Å². The van der Waals surface area contributed by atoms with Crippen LogP contribution in [-0.2, 0) is 4.79 Å². The molecule has 2 atom stereocenters. The Kier molecular flexibility index (Phi) is 5.08. The third kappa shape index (κ3) is 3.80. The topological polar surface area (TPSA) is 127 Å². The van der Waals surface area contributed by atoms with Crippen molar-refractivity contribution in [2.24, 2.45) is 5.92 Å². The minimum atomic E-state index is -0.920. The molecule has 9 heteroatoms. The predicted octanol–water partition coefficient (Wildman–Crippen LogP) is 0.752. The van der Waals surface area contributed by atoms with Crippen molar-refractivity contribution in [2.75, 3.05) is 6.61 Å². The highest BCUT2D eigenvalue weighted by atomic mass is 16.6. The number of H-pyrrole nitrogens is 1. The fourth-order valence-electron chi connectivity index (χ4n) is 2.56. The normalized spacial score (nSPS) is 21.1. The molecule has 2 rings (SSSR count). The molecule has 120 valence electrons. The molecule has 1 fully saturated rings. The summed E-state index contributed by atoms with van der Waals surface area (Å²) in [7, 11) is 0. The van der Waals surface area contributed by atoms with Crippen LogP contribution in [-0.4, -0.2) is 33.4 Å². The van der Waals surface area contributed by atoms with E-state index in [1.54, 1.807) is 0 Å². The maximum Gasteiger partial charge on any atom is 0.395 e. The monoisotopic (exact) mass is 310 g/mol. The summed E-state index contributed by atoms with van der Waals surface area (Å²) in [5.74, 6) is -0.444. The van der Waals surface area contributed by atoms with Crippen LogP contribution in [0.5, 0.6) is 5.88 Å². The first-order valence-corrected chi connectivity index (χ1v) is 7.13. The summed E-state index contributed by atoms with van der Waals surface area (Å²) < 4.78 is 5.03. The summed E-state index contributed by atoms with van der Waals surface area (Å²) in [4.78, 5) is 38.9. The lowest BCUT2D eigenvalue weighted by molar-refractivity contribution is -0.387. The Morgan fingerprint density at radius 2 is 2.27 bits per heavy atom. The molecule has 0 unspecified atom stereocenters. The first-order valence-electron chi connectivity index (χ1n) is 7.13. The van der Waals surface area contributed by atoms with Gasteiger partial charge in [-0.15, -0.1) is 0 Å². The van der Waals surface area contributed by atoms with Crippen LogP contribution < -0.4 is 15.6 Å². The number of carbonyl (C=O) groups is 1. The van der Waals surface area contributed by atoms with E-state index in [0.717, 1.165) is 32.0 Å². The molecule has 0 spiro atoms. The van der Waals surface area contributed by atoms with Crippen molar-refractivity contribution in [3.63, 3.8) is 0 Å². The Bertz CT molecular complexity index is 615. The zero-order chi connectivity index (χ0) is 16.1. The zero-order valence-electron chi connectivity index (χ0n) is 12.2. The van der Waals surface area contributed by atoms with Gasteiger partial charge < -0.3 is 15.0 Å². The molecule has 1 heterocycles. The first kappa shape index (κ1) is 15.9. The first-order chi connectivity index (χ1) is 10.5. The van der Waals surface area contributed by atoms with Crippen molar-refractivity contribution >= 4 is 11.6 Å². The van der Waals surface area contributed by atoms with Gasteiger partial charge in [0.1, 0.15) is 0 Å². The van der Waals surface area contributed by atoms with Crippen LogP contribution in [0.1, 0.15) is 32.6 Å². The van der Waals surface area contributed by atoms with E-state index in [2.05, 4.69) is 22.2 Å². The summed E-state index contributed by atoms with van der Waals surface area (Å²) in [6.45, 7) is 1.66. The Hall–Kier alpha value is -2.45. The van der Waals surface area contributed by atoms with E-state index < -0.39 is 28.7 Å². The average Bonchev–Trinajstić information content (AvgIpc) is 2.47. The van der Waals surface area contributed by atoms with Crippen molar-refractivity contribution in [2.45, 2.75) is 38.6 Å². The third-order valence-electron chi connectivity index (χ3n) is 3.78. The van der Waals surface area contributed by atoms with E-state index in [1.165, 1.54) is 0 Å². The molecule has 1 aliphatic carbocycles. The third-order valence-corrected chi connectivity index (χ3v) is 3.78. The SMILES string of the molecule is C[C@H]1CCCC[C@@H]1NC(=O)COc1nc[nH]c(=O)c1[N+](=O)[O-]. The number of nitrogens with zero attached hydrogens (tertiary/aromatic N) is 2. The highest BCUT2D eigenvalue weighted by molar-refractivity contribution is 5.77. The second-order valence-electron chi connectivity index (χ2n) is 5.37. The second kappa shape index (κ2) is 7.01. The Morgan fingerprint density at radius 3 is 2.95 bits per heavy atom. The minimum absolute atomic E-state index is 0.0898. The second-order valence-corrected chi connectivity index (χ2v) is 5.37. The lowest BCUT2D eigenvalue weighted by Gasteiger charge is -2.29. The zero-order valence-corrected chi connectivity index (χ0v) is 12.2. The number of nitrogens with one attached hydrogen (secondary N) is 2. The van der Waals surface area contributed by atoms with Crippen LogP contribution in [0.4, 0.5) is 5.69 Å². The summed E-state index contributed by atoms with van der Waals surface area (Å²) in [6.07, 6.45) is 5.19. The molecule has 1 saturated carbocycles. The molecule has 0 bridgehead atoms. The van der Waals surface area contributed by atoms with Gasteiger partial charge in [0.2, 0.25) is 0 Å². The van der Waals surface area contributed by atoms with Crippen LogP contribution in [0.15, 0.2) is 11.1 Å². The van der Waals surface area contributed by atoms with Gasteiger partial charge in [0.05, 0.1) is 11.3 Å². The molecule has 0 aromatic carbocycles. The van der Waals surface area contributed by atoms with Gasteiger partial charge in [-0.1, -0.05) is 19.8 Å². The number of hydrogen-bond acceptors (Lipinski definition) is 6. The van der Waals surface area contributed by atoms with Gasteiger partial charge in [0, 0.05) is 6.04 Å². The van der Waals surface area contributed by atoms with E-state index in [1.807, 2.05) is 0 Å². The van der Waals surface area contributed by atoms with E-state index in [9.17, 15) is 19.7 Å². The maximum absolute atomic E-state index is 11.9. The summed E-state index contributed by atoms with van der Waals surface area (Å²) in [5.41, 5.74) is -1.72. The van der Waals surface area contributed by atoms with E-state index in [-0.39, 0.29) is 11.9 Å². The van der Waals surface area contributed by atoms with Crippen LogP contribution in [0, 0.1) is 16.0 Å². The van der Waals surface area contributed by atoms with Crippen molar-refractivity contribution in [3.8, 4) is 5.88 Å². The van der Waals surface area contributed by atoms with Gasteiger partial charge in [0.15, 0.2) is 6.61 Å². The molecule has 22 heavy (non-hydrogen) atoms. The largest absolute Gasteiger partial charge is 0.463 e. The number of aromatic nitrogens is 2. The van der Waals surface area contributed by atoms with Crippen LogP contribution in [0.3, 0.4) is 0 Å². The Balaban J connectivity index is 1.95. The lowest BCUT2D eigenvalue weighted by atomic mass is 9.86. The standard InChI is InChI=1S/C13H18N4O5/c1-8-4-2-3-5-9(8)16-10(18)6-22-13-11(17(20)21)12(19)14-7-15-13/h7-9H,2-6H2,1H3,(H,16,18)(H,14,15,19)/t8-,9-/m0/s1. The van der Waals surface area contributed by atoms with Gasteiger partial charge in [-0.3, -0.25) is 19.7 Å². The van der Waals surface area contributed by atoms with Crippen molar-refractivity contribution in [1.29, 1.82) is 0 Å². The molecular weight excluding hydrogens is 292 g/mol. The molecular formula is C13H18N4O5. The van der Waals surface area contributed by atoms with E-state index in [4.69, 9.17) is 4.74 Å². The number of ether oxygens (including phenoxy) is 1. The molecule has 1 aliphatic rings. The van der Waals surface area contributed by atoms with Crippen molar-refractivity contribution in [1.82, 2.24) is 15.3 Å². The van der Waals surface area contributed by atoms with Gasteiger partial charge >= 0.3 is 17.1 Å². The summed E-state index contributed by atoms with van der Waals surface area (Å²) >= 11 is 0. The molecule has 0 saturated heterocycles. The highest BCUT2D eigenvalue weighted by Gasteiger charge is 2.25. The highest BCUT2D eigenvalue weighted by Crippen LogP contribution is 2.23. The number of hydrogen-bond donors (Lipinski definition) is 2. The van der Waals surface area contributed by atoms with Crippen molar-refractivity contribution in [3.05, 3.63) is 26.8 Å². The Labute approximate surface area is 126 Å². The fourth-order valence-corrected chi connectivity index (χ4v) is 2.56. The molecule has 0 aliphatic heterocycles. The Morgan fingerprint density at radius 1 is 1.55 bits per heavy atom. The number of carbonyl (C=O) groups excluding carboxylic acids is 1. The number of rotatable bonds is 5. The molecule has 2 N–H and O–H groups in total. The van der Waals surface area contributed by atoms with Gasteiger partial charge in [-0.05, 0) is 18.8 Å². The van der Waals surface area contributed by atoms with Gasteiger partial charge in [-0.25, -0.2) is 0 Å².